The molecule has 0 saturated carbocycles. The topological polar surface area (TPSA) is 50.4 Å². The molecule has 0 radical (unpaired) electrons. The normalized spacial score (nSPS) is 11.9. The Kier molecular flexibility index (Phi) is 5.09. The second kappa shape index (κ2) is 7.02. The molecule has 4 nitrogen and oxygen atoms in total. The highest BCUT2D eigenvalue weighted by Crippen LogP contribution is 2.18. The van der Waals surface area contributed by atoms with E-state index >= 15 is 0 Å². The van der Waals surface area contributed by atoms with Crippen molar-refractivity contribution < 1.29 is 13.9 Å². The van der Waals surface area contributed by atoms with E-state index in [2.05, 4.69) is 10.6 Å². The quantitative estimate of drug-likeness (QED) is 0.888. The third kappa shape index (κ3) is 4.04. The molecule has 0 spiro atoms. The van der Waals surface area contributed by atoms with Crippen molar-refractivity contribution in [1.82, 2.24) is 5.32 Å². The summed E-state index contributed by atoms with van der Waals surface area (Å²) in [5, 5.41) is 9.28. The number of methoxy groups -OCH3 is 1. The number of ether oxygens (including phenoxy) is 1. The number of rotatable bonds is 5. The lowest BCUT2D eigenvalue weighted by atomic mass is 10.2. The molecule has 0 aliphatic heterocycles. The fraction of sp³-hybridized carbons (Fsp3) is 0.214. The zero-order valence-electron chi connectivity index (χ0n) is 10.9. The summed E-state index contributed by atoms with van der Waals surface area (Å²) in [6, 6.07) is 7.19. The summed E-state index contributed by atoms with van der Waals surface area (Å²) >= 11 is 1.58. The van der Waals surface area contributed by atoms with Crippen LogP contribution >= 0.6 is 11.3 Å². The van der Waals surface area contributed by atoms with Crippen molar-refractivity contribution in [3.05, 3.63) is 52.5 Å². The van der Waals surface area contributed by atoms with E-state index in [9.17, 15) is 9.18 Å². The molecule has 2 rings (SSSR count). The Morgan fingerprint density at radius 3 is 2.70 bits per heavy atom. The lowest BCUT2D eigenvalue weighted by Crippen LogP contribution is -2.32. The van der Waals surface area contributed by atoms with Gasteiger partial charge >= 0.3 is 6.03 Å². The number of anilines is 1. The number of carbonyl (C=O) groups is 1. The molecule has 1 heterocycles. The fourth-order valence-electron chi connectivity index (χ4n) is 1.69. The largest absolute Gasteiger partial charge is 0.375 e. The number of hydrogen-bond acceptors (Lipinski definition) is 3. The number of hydrogen-bond donors (Lipinski definition) is 2. The van der Waals surface area contributed by atoms with Gasteiger partial charge in [-0.15, -0.1) is 0 Å². The maximum Gasteiger partial charge on any atom is 0.319 e. The van der Waals surface area contributed by atoms with Crippen LogP contribution in [0, 0.1) is 5.82 Å². The monoisotopic (exact) mass is 294 g/mol. The first-order valence-corrected chi connectivity index (χ1v) is 6.98. The minimum Gasteiger partial charge on any atom is -0.375 e. The molecule has 2 amide bonds. The molecule has 2 N–H and O–H groups in total. The summed E-state index contributed by atoms with van der Waals surface area (Å²) in [4.78, 5) is 11.7. The van der Waals surface area contributed by atoms with E-state index in [1.807, 2.05) is 16.8 Å². The molecule has 1 aromatic carbocycles. The lowest BCUT2D eigenvalue weighted by Gasteiger charge is -2.15. The SMILES string of the molecule is COC(CNC(=O)Nc1ccc(F)cc1)c1ccsc1. The van der Waals surface area contributed by atoms with E-state index in [0.29, 0.717) is 12.2 Å². The smallest absolute Gasteiger partial charge is 0.319 e. The molecular weight excluding hydrogens is 279 g/mol. The van der Waals surface area contributed by atoms with Crippen LogP contribution in [-0.4, -0.2) is 19.7 Å². The molecule has 1 unspecified atom stereocenters. The Labute approximate surface area is 120 Å². The van der Waals surface area contributed by atoms with E-state index in [1.54, 1.807) is 18.4 Å². The van der Waals surface area contributed by atoms with E-state index < -0.39 is 0 Å². The number of thiophene rings is 1. The lowest BCUT2D eigenvalue weighted by molar-refractivity contribution is 0.105. The molecule has 0 saturated heterocycles. The highest BCUT2D eigenvalue weighted by atomic mass is 32.1. The third-order valence-corrected chi connectivity index (χ3v) is 3.45. The van der Waals surface area contributed by atoms with Crippen LogP contribution in [0.3, 0.4) is 0 Å². The van der Waals surface area contributed by atoms with Gasteiger partial charge in [-0.1, -0.05) is 0 Å². The number of carbonyl (C=O) groups excluding carboxylic acids is 1. The van der Waals surface area contributed by atoms with Crippen molar-refractivity contribution in [2.24, 2.45) is 0 Å². The van der Waals surface area contributed by atoms with E-state index in [4.69, 9.17) is 4.74 Å². The highest BCUT2D eigenvalue weighted by Gasteiger charge is 2.12. The summed E-state index contributed by atoms with van der Waals surface area (Å²) in [7, 11) is 1.60. The molecule has 2 aromatic rings. The third-order valence-electron chi connectivity index (χ3n) is 2.75. The van der Waals surface area contributed by atoms with Crippen LogP contribution < -0.4 is 10.6 Å². The first-order chi connectivity index (χ1) is 9.69. The molecule has 1 atom stereocenters. The molecule has 0 aliphatic carbocycles. The van der Waals surface area contributed by atoms with Crippen molar-refractivity contribution in [2.45, 2.75) is 6.10 Å². The minimum absolute atomic E-state index is 0.180. The van der Waals surface area contributed by atoms with Crippen LogP contribution in [0.25, 0.3) is 0 Å². The van der Waals surface area contributed by atoms with E-state index in [1.165, 1.54) is 24.3 Å². The van der Waals surface area contributed by atoms with Gasteiger partial charge in [0, 0.05) is 19.3 Å². The zero-order valence-corrected chi connectivity index (χ0v) is 11.7. The Bertz CT molecular complexity index is 543. The van der Waals surface area contributed by atoms with Gasteiger partial charge in [-0.05, 0) is 46.7 Å². The average Bonchev–Trinajstić information content (AvgIpc) is 2.96. The van der Waals surface area contributed by atoms with Gasteiger partial charge in [0.15, 0.2) is 0 Å². The minimum atomic E-state index is -0.353. The second-order valence-corrected chi connectivity index (χ2v) is 4.90. The molecule has 0 fully saturated rings. The van der Waals surface area contributed by atoms with Crippen molar-refractivity contribution in [3.63, 3.8) is 0 Å². The Balaban J connectivity index is 1.84. The number of nitrogens with one attached hydrogen (secondary N) is 2. The van der Waals surface area contributed by atoms with E-state index in [0.717, 1.165) is 5.56 Å². The van der Waals surface area contributed by atoms with Crippen LogP contribution in [0.1, 0.15) is 11.7 Å². The molecule has 0 aliphatic rings. The Hall–Kier alpha value is -1.92. The summed E-state index contributed by atoms with van der Waals surface area (Å²) < 4.78 is 18.1. The van der Waals surface area contributed by atoms with Crippen LogP contribution in [0.5, 0.6) is 0 Å². The second-order valence-electron chi connectivity index (χ2n) is 4.12. The van der Waals surface area contributed by atoms with Crippen molar-refractivity contribution >= 4 is 23.1 Å². The number of urea groups is 1. The van der Waals surface area contributed by atoms with Crippen LogP contribution in [0.4, 0.5) is 14.9 Å². The van der Waals surface area contributed by atoms with Crippen molar-refractivity contribution in [3.8, 4) is 0 Å². The molecular formula is C14H15FN2O2S. The van der Waals surface area contributed by atoms with Gasteiger partial charge in [0.1, 0.15) is 11.9 Å². The van der Waals surface area contributed by atoms with Gasteiger partial charge in [-0.3, -0.25) is 0 Å². The molecule has 20 heavy (non-hydrogen) atoms. The number of benzene rings is 1. The predicted octanol–water partition coefficient (Wildman–Crippen LogP) is 3.40. The fourth-order valence-corrected chi connectivity index (χ4v) is 2.39. The maximum atomic E-state index is 12.7. The van der Waals surface area contributed by atoms with Crippen LogP contribution in [-0.2, 0) is 4.74 Å². The van der Waals surface area contributed by atoms with Crippen molar-refractivity contribution in [1.29, 1.82) is 0 Å². The van der Waals surface area contributed by atoms with Gasteiger partial charge in [-0.2, -0.15) is 11.3 Å². The highest BCUT2D eigenvalue weighted by molar-refractivity contribution is 7.07. The molecule has 6 heteroatoms. The van der Waals surface area contributed by atoms with Crippen LogP contribution in [0.2, 0.25) is 0 Å². The summed E-state index contributed by atoms with van der Waals surface area (Å²) in [5.41, 5.74) is 1.56. The van der Waals surface area contributed by atoms with Crippen LogP contribution in [0.15, 0.2) is 41.1 Å². The molecule has 0 bridgehead atoms. The summed E-state index contributed by atoms with van der Waals surface area (Å²) in [5.74, 6) is -0.340. The van der Waals surface area contributed by atoms with Gasteiger partial charge < -0.3 is 15.4 Å². The average molecular weight is 294 g/mol. The zero-order chi connectivity index (χ0) is 14.4. The Morgan fingerprint density at radius 1 is 1.35 bits per heavy atom. The predicted molar refractivity (Wildman–Crippen MR) is 77.5 cm³/mol. The molecule has 1 aromatic heterocycles. The standard InChI is InChI=1S/C14H15FN2O2S/c1-19-13(10-6-7-20-9-10)8-16-14(18)17-12-4-2-11(15)3-5-12/h2-7,9,13H,8H2,1H3,(H2,16,17,18). The molecule has 106 valence electrons. The summed E-state index contributed by atoms with van der Waals surface area (Å²) in [6.07, 6.45) is -0.180. The number of amides is 2. The van der Waals surface area contributed by atoms with Gasteiger partial charge in [0.25, 0.3) is 0 Å². The first-order valence-electron chi connectivity index (χ1n) is 6.04. The first kappa shape index (κ1) is 14.5. The summed E-state index contributed by atoms with van der Waals surface area (Å²) in [6.45, 7) is 0.361. The van der Waals surface area contributed by atoms with Gasteiger partial charge in [-0.25, -0.2) is 9.18 Å². The van der Waals surface area contributed by atoms with Gasteiger partial charge in [0.2, 0.25) is 0 Å². The Morgan fingerprint density at radius 2 is 2.10 bits per heavy atom. The maximum absolute atomic E-state index is 12.7. The van der Waals surface area contributed by atoms with Crippen molar-refractivity contribution in [2.75, 3.05) is 19.0 Å². The number of halogens is 1. The van der Waals surface area contributed by atoms with E-state index in [-0.39, 0.29) is 18.0 Å². The van der Waals surface area contributed by atoms with Gasteiger partial charge in [0.05, 0.1) is 0 Å².